The van der Waals surface area contributed by atoms with Crippen LogP contribution in [0.1, 0.15) is 25.8 Å². The Morgan fingerprint density at radius 3 is 2.41 bits per heavy atom. The largest absolute Gasteiger partial charge is 0.399 e. The molecule has 3 N–H and O–H groups in total. The van der Waals surface area contributed by atoms with E-state index < -0.39 is 10.0 Å². The number of hydrogen-bond donors (Lipinski definition) is 2. The topological polar surface area (TPSA) is 72.2 Å². The fourth-order valence-electron chi connectivity index (χ4n) is 1.86. The van der Waals surface area contributed by atoms with Gasteiger partial charge < -0.3 is 5.73 Å². The highest BCUT2D eigenvalue weighted by molar-refractivity contribution is 7.89. The van der Waals surface area contributed by atoms with Gasteiger partial charge in [-0.1, -0.05) is 13.8 Å². The van der Waals surface area contributed by atoms with E-state index in [9.17, 15) is 8.42 Å². The maximum absolute atomic E-state index is 12.1. The molecule has 0 saturated heterocycles. The van der Waals surface area contributed by atoms with Gasteiger partial charge >= 0.3 is 0 Å². The van der Waals surface area contributed by atoms with E-state index in [2.05, 4.69) is 4.72 Å². The molecule has 1 aromatic rings. The molecule has 1 fully saturated rings. The van der Waals surface area contributed by atoms with Crippen molar-refractivity contribution in [1.29, 1.82) is 0 Å². The number of aryl methyl sites for hydroxylation is 1. The molecule has 1 saturated carbocycles. The minimum Gasteiger partial charge on any atom is -0.399 e. The summed E-state index contributed by atoms with van der Waals surface area (Å²) in [6.07, 6.45) is 0.882. The first-order valence-corrected chi connectivity index (χ1v) is 7.08. The lowest BCUT2D eigenvalue weighted by molar-refractivity contribution is 0.555. The number of nitrogens with one attached hydrogen (secondary N) is 1. The summed E-state index contributed by atoms with van der Waals surface area (Å²) >= 11 is 0. The smallest absolute Gasteiger partial charge is 0.240 e. The molecule has 1 aliphatic carbocycles. The van der Waals surface area contributed by atoms with Gasteiger partial charge in [0.1, 0.15) is 0 Å². The zero-order chi connectivity index (χ0) is 12.8. The minimum atomic E-state index is -3.44. The zero-order valence-electron chi connectivity index (χ0n) is 10.3. The second-order valence-electron chi connectivity index (χ2n) is 5.45. The standard InChI is InChI=1S/C12H18N2O2S/c1-8-4-9(13)6-10(5-8)17(15,16)14-11-7-12(11,2)3/h4-6,11,14H,7,13H2,1-3H3. The van der Waals surface area contributed by atoms with Crippen LogP contribution in [0.25, 0.3) is 0 Å². The number of benzene rings is 1. The van der Waals surface area contributed by atoms with Gasteiger partial charge in [0.2, 0.25) is 10.0 Å². The van der Waals surface area contributed by atoms with Gasteiger partial charge in [-0.05, 0) is 42.5 Å². The quantitative estimate of drug-likeness (QED) is 0.806. The lowest BCUT2D eigenvalue weighted by Gasteiger charge is -2.09. The molecule has 4 nitrogen and oxygen atoms in total. The van der Waals surface area contributed by atoms with Crippen molar-refractivity contribution in [3.63, 3.8) is 0 Å². The second-order valence-corrected chi connectivity index (χ2v) is 7.16. The second kappa shape index (κ2) is 3.71. The Kier molecular flexibility index (Phi) is 2.71. The lowest BCUT2D eigenvalue weighted by atomic mass is 10.2. The molecule has 5 heteroatoms. The molecule has 17 heavy (non-hydrogen) atoms. The van der Waals surface area contributed by atoms with Crippen LogP contribution in [0.4, 0.5) is 5.69 Å². The van der Waals surface area contributed by atoms with Crippen LogP contribution in [0.3, 0.4) is 0 Å². The van der Waals surface area contributed by atoms with Gasteiger partial charge in [-0.25, -0.2) is 13.1 Å². The molecule has 0 heterocycles. The van der Waals surface area contributed by atoms with Crippen LogP contribution in [-0.4, -0.2) is 14.5 Å². The summed E-state index contributed by atoms with van der Waals surface area (Å²) in [5.74, 6) is 0. The Labute approximate surface area is 102 Å². The fraction of sp³-hybridized carbons (Fsp3) is 0.500. The van der Waals surface area contributed by atoms with Crippen molar-refractivity contribution >= 4 is 15.7 Å². The number of nitrogen functional groups attached to an aromatic ring is 1. The van der Waals surface area contributed by atoms with Crippen molar-refractivity contribution in [1.82, 2.24) is 4.72 Å². The van der Waals surface area contributed by atoms with E-state index in [4.69, 9.17) is 5.73 Å². The Morgan fingerprint density at radius 2 is 1.94 bits per heavy atom. The highest BCUT2D eigenvalue weighted by Gasteiger charge is 2.47. The molecule has 1 aliphatic rings. The molecule has 0 radical (unpaired) electrons. The van der Waals surface area contributed by atoms with Crippen LogP contribution in [0.2, 0.25) is 0 Å². The molecule has 0 bridgehead atoms. The molecule has 94 valence electrons. The average molecular weight is 254 g/mol. The van der Waals surface area contributed by atoms with Crippen molar-refractivity contribution in [2.75, 3.05) is 5.73 Å². The first kappa shape index (κ1) is 12.4. The Morgan fingerprint density at radius 1 is 1.35 bits per heavy atom. The van der Waals surface area contributed by atoms with E-state index in [1.807, 2.05) is 20.8 Å². The molecule has 0 aliphatic heterocycles. The van der Waals surface area contributed by atoms with Crippen LogP contribution in [0.5, 0.6) is 0 Å². The van der Waals surface area contributed by atoms with Crippen LogP contribution in [-0.2, 0) is 10.0 Å². The van der Waals surface area contributed by atoms with Gasteiger partial charge in [-0.15, -0.1) is 0 Å². The maximum Gasteiger partial charge on any atom is 0.240 e. The van der Waals surface area contributed by atoms with Crippen molar-refractivity contribution in [2.45, 2.75) is 38.1 Å². The van der Waals surface area contributed by atoms with Crippen molar-refractivity contribution in [3.8, 4) is 0 Å². The van der Waals surface area contributed by atoms with E-state index in [0.29, 0.717) is 5.69 Å². The van der Waals surface area contributed by atoms with Gasteiger partial charge in [0, 0.05) is 11.7 Å². The monoisotopic (exact) mass is 254 g/mol. The van der Waals surface area contributed by atoms with Crippen LogP contribution in [0.15, 0.2) is 23.1 Å². The number of nitrogens with two attached hydrogens (primary N) is 1. The number of hydrogen-bond acceptors (Lipinski definition) is 3. The molecule has 0 spiro atoms. The summed E-state index contributed by atoms with van der Waals surface area (Å²) in [5, 5.41) is 0. The SMILES string of the molecule is Cc1cc(N)cc(S(=O)(=O)NC2CC2(C)C)c1. The highest BCUT2D eigenvalue weighted by atomic mass is 32.2. The number of rotatable bonds is 3. The van der Waals surface area contributed by atoms with Crippen molar-refractivity contribution in [3.05, 3.63) is 23.8 Å². The normalized spacial score (nSPS) is 22.4. The van der Waals surface area contributed by atoms with E-state index >= 15 is 0 Å². The van der Waals surface area contributed by atoms with Crippen LogP contribution >= 0.6 is 0 Å². The third-order valence-electron chi connectivity index (χ3n) is 3.19. The number of anilines is 1. The average Bonchev–Trinajstić information content (AvgIpc) is 2.70. The van der Waals surface area contributed by atoms with Gasteiger partial charge in [0.15, 0.2) is 0 Å². The molecule has 1 atom stereocenters. The molecule has 1 unspecified atom stereocenters. The van der Waals surface area contributed by atoms with E-state index in [1.165, 1.54) is 6.07 Å². The van der Waals surface area contributed by atoms with Gasteiger partial charge in [0.05, 0.1) is 4.90 Å². The van der Waals surface area contributed by atoms with Gasteiger partial charge in [-0.3, -0.25) is 0 Å². The first-order valence-electron chi connectivity index (χ1n) is 5.60. The molecule has 1 aromatic carbocycles. The third kappa shape index (κ3) is 2.61. The van der Waals surface area contributed by atoms with Crippen molar-refractivity contribution < 1.29 is 8.42 Å². The van der Waals surface area contributed by atoms with Crippen LogP contribution in [0, 0.1) is 12.3 Å². The van der Waals surface area contributed by atoms with Crippen molar-refractivity contribution in [2.24, 2.45) is 5.41 Å². The third-order valence-corrected chi connectivity index (χ3v) is 4.65. The molecular formula is C12H18N2O2S. The molecule has 0 aromatic heterocycles. The highest BCUT2D eigenvalue weighted by Crippen LogP contribution is 2.45. The zero-order valence-corrected chi connectivity index (χ0v) is 11.1. The summed E-state index contributed by atoms with van der Waals surface area (Å²) in [6.45, 7) is 5.92. The number of sulfonamides is 1. The van der Waals surface area contributed by atoms with Gasteiger partial charge in [-0.2, -0.15) is 0 Å². The minimum absolute atomic E-state index is 0.0363. The summed E-state index contributed by atoms with van der Waals surface area (Å²) < 4.78 is 26.9. The summed E-state index contributed by atoms with van der Waals surface area (Å²) in [6, 6.07) is 4.91. The van der Waals surface area contributed by atoms with E-state index in [-0.39, 0.29) is 16.4 Å². The van der Waals surface area contributed by atoms with E-state index in [1.54, 1.807) is 12.1 Å². The summed E-state index contributed by atoms with van der Waals surface area (Å²) in [4.78, 5) is 0.248. The summed E-state index contributed by atoms with van der Waals surface area (Å²) in [5.41, 5.74) is 7.06. The predicted octanol–water partition coefficient (Wildman–Crippen LogP) is 1.65. The fourth-order valence-corrected chi connectivity index (χ4v) is 3.40. The first-order chi connectivity index (χ1) is 7.71. The van der Waals surface area contributed by atoms with Gasteiger partial charge in [0.25, 0.3) is 0 Å². The van der Waals surface area contributed by atoms with E-state index in [0.717, 1.165) is 12.0 Å². The predicted molar refractivity (Wildman–Crippen MR) is 68.1 cm³/mol. The Hall–Kier alpha value is -1.07. The summed E-state index contributed by atoms with van der Waals surface area (Å²) in [7, 11) is -3.44. The molecule has 0 amide bonds. The van der Waals surface area contributed by atoms with Crippen LogP contribution < -0.4 is 10.5 Å². The molecular weight excluding hydrogens is 236 g/mol. The molecule has 2 rings (SSSR count). The Balaban J connectivity index is 2.26. The Bertz CT molecular complexity index is 529. The maximum atomic E-state index is 12.1. The lowest BCUT2D eigenvalue weighted by Crippen LogP contribution is -2.28.